The lowest BCUT2D eigenvalue weighted by molar-refractivity contribution is -0.136. The highest BCUT2D eigenvalue weighted by Gasteiger charge is 2.38. The summed E-state index contributed by atoms with van der Waals surface area (Å²) in [5, 5.41) is 4.51. The molecule has 0 bridgehead atoms. The van der Waals surface area contributed by atoms with Crippen LogP contribution in [0.2, 0.25) is 0 Å². The molecule has 176 valence electrons. The van der Waals surface area contributed by atoms with Gasteiger partial charge in [-0.3, -0.25) is 9.59 Å². The molecule has 4 heterocycles. The van der Waals surface area contributed by atoms with Gasteiger partial charge < -0.3 is 14.7 Å². The van der Waals surface area contributed by atoms with Gasteiger partial charge in [0, 0.05) is 56.6 Å². The highest BCUT2D eigenvalue weighted by molar-refractivity contribution is 6.00. The number of hydrogen-bond donors (Lipinski definition) is 0. The van der Waals surface area contributed by atoms with Crippen LogP contribution in [0.4, 0.5) is 11.5 Å². The minimum atomic E-state index is -0.294. The number of aryl methyl sites for hydroxylation is 3. The van der Waals surface area contributed by atoms with Crippen LogP contribution in [0, 0.1) is 26.7 Å². The van der Waals surface area contributed by atoms with E-state index in [1.165, 1.54) is 0 Å². The summed E-state index contributed by atoms with van der Waals surface area (Å²) in [6, 6.07) is 11.8. The summed E-state index contributed by atoms with van der Waals surface area (Å²) in [4.78, 5) is 40.4. The van der Waals surface area contributed by atoms with Gasteiger partial charge >= 0.3 is 0 Å². The molecule has 1 unspecified atom stereocenters. The molecule has 2 saturated heterocycles. The number of piperazine rings is 1. The second-order valence-electron chi connectivity index (χ2n) is 9.13. The van der Waals surface area contributed by atoms with E-state index in [2.05, 4.69) is 20.0 Å². The average molecular weight is 460 g/mol. The van der Waals surface area contributed by atoms with Gasteiger partial charge in [0.05, 0.1) is 11.6 Å². The molecule has 9 heteroatoms. The fraction of sp³-hybridized carbons (Fsp3) is 0.400. The standard InChI is InChI=1S/C25H29N7O2/c1-17-4-6-21(7-5-17)31-15-20(13-24(31)33)25(34)30-10-8-29(9-11-30)22-14-23(27-16-26-22)32-19(3)12-18(2)28-32/h4-7,12,14,16,20H,8-11,13,15H2,1-3H3. The normalized spacial score (nSPS) is 18.6. The number of rotatable bonds is 4. The van der Waals surface area contributed by atoms with E-state index in [0.29, 0.717) is 32.7 Å². The number of amides is 2. The Balaban J connectivity index is 1.21. The number of hydrogen-bond acceptors (Lipinski definition) is 6. The smallest absolute Gasteiger partial charge is 0.228 e. The van der Waals surface area contributed by atoms with Crippen molar-refractivity contribution >= 4 is 23.3 Å². The first kappa shape index (κ1) is 22.1. The molecule has 2 aromatic heterocycles. The van der Waals surface area contributed by atoms with Gasteiger partial charge in [0.25, 0.3) is 0 Å². The van der Waals surface area contributed by atoms with E-state index >= 15 is 0 Å². The van der Waals surface area contributed by atoms with Gasteiger partial charge in [0.15, 0.2) is 5.82 Å². The topological polar surface area (TPSA) is 87.5 Å². The van der Waals surface area contributed by atoms with E-state index in [-0.39, 0.29) is 24.2 Å². The molecule has 2 aliphatic heterocycles. The lowest BCUT2D eigenvalue weighted by atomic mass is 10.1. The Hall–Kier alpha value is -3.75. The molecule has 2 amide bonds. The third-order valence-electron chi connectivity index (χ3n) is 6.60. The van der Waals surface area contributed by atoms with E-state index in [1.54, 1.807) is 11.2 Å². The molecular weight excluding hydrogens is 430 g/mol. The number of benzene rings is 1. The lowest BCUT2D eigenvalue weighted by Gasteiger charge is -2.36. The quantitative estimate of drug-likeness (QED) is 0.595. The number of nitrogens with zero attached hydrogens (tertiary/aromatic N) is 7. The lowest BCUT2D eigenvalue weighted by Crippen LogP contribution is -2.51. The van der Waals surface area contributed by atoms with E-state index in [9.17, 15) is 9.59 Å². The third-order valence-corrected chi connectivity index (χ3v) is 6.60. The van der Waals surface area contributed by atoms with Crippen molar-refractivity contribution < 1.29 is 9.59 Å². The number of carbonyl (C=O) groups excluding carboxylic acids is 2. The maximum atomic E-state index is 13.2. The van der Waals surface area contributed by atoms with Crippen LogP contribution < -0.4 is 9.80 Å². The third kappa shape index (κ3) is 4.25. The van der Waals surface area contributed by atoms with E-state index in [0.717, 1.165) is 34.3 Å². The number of aromatic nitrogens is 4. The molecule has 1 atom stereocenters. The molecule has 9 nitrogen and oxygen atoms in total. The summed E-state index contributed by atoms with van der Waals surface area (Å²) in [5.41, 5.74) is 3.96. The van der Waals surface area contributed by atoms with Crippen LogP contribution in [0.5, 0.6) is 0 Å². The predicted molar refractivity (Wildman–Crippen MR) is 129 cm³/mol. The van der Waals surface area contributed by atoms with Crippen LogP contribution in [0.15, 0.2) is 42.7 Å². The van der Waals surface area contributed by atoms with Crippen LogP contribution in [0.25, 0.3) is 5.82 Å². The maximum Gasteiger partial charge on any atom is 0.228 e. The van der Waals surface area contributed by atoms with E-state index in [1.807, 2.05) is 66.8 Å². The fourth-order valence-electron chi connectivity index (χ4n) is 4.75. The summed E-state index contributed by atoms with van der Waals surface area (Å²) in [5.74, 6) is 1.34. The van der Waals surface area contributed by atoms with Crippen molar-refractivity contribution in [2.45, 2.75) is 27.2 Å². The Morgan fingerprint density at radius 1 is 0.941 bits per heavy atom. The fourth-order valence-corrected chi connectivity index (χ4v) is 4.75. The molecule has 34 heavy (non-hydrogen) atoms. The van der Waals surface area contributed by atoms with E-state index < -0.39 is 0 Å². The summed E-state index contributed by atoms with van der Waals surface area (Å²) in [7, 11) is 0. The minimum Gasteiger partial charge on any atom is -0.353 e. The summed E-state index contributed by atoms with van der Waals surface area (Å²) < 4.78 is 1.82. The first-order chi connectivity index (χ1) is 16.4. The van der Waals surface area contributed by atoms with Crippen molar-refractivity contribution in [3.63, 3.8) is 0 Å². The van der Waals surface area contributed by atoms with Crippen molar-refractivity contribution in [1.29, 1.82) is 0 Å². The molecule has 0 N–H and O–H groups in total. The Labute approximate surface area is 199 Å². The van der Waals surface area contributed by atoms with Gasteiger partial charge in [0.2, 0.25) is 11.8 Å². The van der Waals surface area contributed by atoms with Crippen LogP contribution in [-0.2, 0) is 9.59 Å². The molecule has 0 spiro atoms. The van der Waals surface area contributed by atoms with Gasteiger partial charge in [-0.25, -0.2) is 14.6 Å². The Kier molecular flexibility index (Phi) is 5.77. The van der Waals surface area contributed by atoms with Gasteiger partial charge in [-0.1, -0.05) is 17.7 Å². The van der Waals surface area contributed by atoms with Crippen molar-refractivity contribution in [3.8, 4) is 5.82 Å². The molecule has 2 fully saturated rings. The van der Waals surface area contributed by atoms with Crippen molar-refractivity contribution in [2.75, 3.05) is 42.5 Å². The second-order valence-corrected chi connectivity index (χ2v) is 9.13. The highest BCUT2D eigenvalue weighted by atomic mass is 16.2. The zero-order valence-electron chi connectivity index (χ0n) is 19.8. The van der Waals surface area contributed by atoms with Crippen LogP contribution in [0.1, 0.15) is 23.4 Å². The highest BCUT2D eigenvalue weighted by Crippen LogP contribution is 2.27. The van der Waals surface area contributed by atoms with Gasteiger partial charge in [0.1, 0.15) is 12.1 Å². The molecule has 0 aliphatic carbocycles. The monoisotopic (exact) mass is 459 g/mol. The summed E-state index contributed by atoms with van der Waals surface area (Å²) >= 11 is 0. The number of carbonyl (C=O) groups is 2. The molecule has 1 aromatic carbocycles. The zero-order chi connectivity index (χ0) is 23.8. The molecule has 3 aromatic rings. The van der Waals surface area contributed by atoms with Crippen LogP contribution >= 0.6 is 0 Å². The Bertz CT molecular complexity index is 1210. The van der Waals surface area contributed by atoms with Gasteiger partial charge in [-0.15, -0.1) is 0 Å². The minimum absolute atomic E-state index is 0.0125. The first-order valence-electron chi connectivity index (χ1n) is 11.7. The largest absolute Gasteiger partial charge is 0.353 e. The zero-order valence-corrected chi connectivity index (χ0v) is 19.8. The number of anilines is 2. The van der Waals surface area contributed by atoms with Crippen molar-refractivity contribution in [3.05, 3.63) is 59.7 Å². The van der Waals surface area contributed by atoms with Crippen molar-refractivity contribution in [1.82, 2.24) is 24.6 Å². The second kappa shape index (κ2) is 8.89. The predicted octanol–water partition coefficient (Wildman–Crippen LogP) is 2.29. The summed E-state index contributed by atoms with van der Waals surface area (Å²) in [6.45, 7) is 8.99. The molecular formula is C25H29N7O2. The van der Waals surface area contributed by atoms with Crippen molar-refractivity contribution in [2.24, 2.45) is 5.92 Å². The molecule has 5 rings (SSSR count). The van der Waals surface area contributed by atoms with Gasteiger partial charge in [-0.2, -0.15) is 5.10 Å². The van der Waals surface area contributed by atoms with Crippen LogP contribution in [-0.4, -0.2) is 69.2 Å². The molecule has 0 radical (unpaired) electrons. The molecule has 2 aliphatic rings. The van der Waals surface area contributed by atoms with E-state index in [4.69, 9.17) is 0 Å². The van der Waals surface area contributed by atoms with Crippen LogP contribution in [0.3, 0.4) is 0 Å². The SMILES string of the molecule is Cc1ccc(N2CC(C(=O)N3CCN(c4cc(-n5nc(C)cc5C)ncn4)CC3)CC2=O)cc1. The maximum absolute atomic E-state index is 13.2. The first-order valence-corrected chi connectivity index (χ1v) is 11.7. The average Bonchev–Trinajstić information content (AvgIpc) is 3.40. The Morgan fingerprint density at radius 3 is 2.32 bits per heavy atom. The molecule has 0 saturated carbocycles. The Morgan fingerprint density at radius 2 is 1.65 bits per heavy atom. The summed E-state index contributed by atoms with van der Waals surface area (Å²) in [6.07, 6.45) is 1.83. The van der Waals surface area contributed by atoms with Gasteiger partial charge in [-0.05, 0) is 39.0 Å².